The summed E-state index contributed by atoms with van der Waals surface area (Å²) in [7, 11) is 1.94. The largest absolute Gasteiger partial charge is 0.377 e. The van der Waals surface area contributed by atoms with Crippen molar-refractivity contribution in [2.24, 2.45) is 7.05 Å². The molecule has 0 aliphatic heterocycles. The van der Waals surface area contributed by atoms with Gasteiger partial charge in [-0.05, 0) is 36.8 Å². The molecule has 0 fully saturated rings. The lowest BCUT2D eigenvalue weighted by molar-refractivity contribution is 0.624. The van der Waals surface area contributed by atoms with Crippen molar-refractivity contribution in [1.82, 2.24) is 9.55 Å². The fourth-order valence-electron chi connectivity index (χ4n) is 2.48. The molecule has 0 unspecified atom stereocenters. The Balaban J connectivity index is 1.90. The molecule has 2 aromatic carbocycles. The maximum absolute atomic E-state index is 13.6. The molecule has 0 spiro atoms. The first kappa shape index (κ1) is 14.1. The highest BCUT2D eigenvalue weighted by molar-refractivity contribution is 5.76. The number of fused-ring (bicyclic) bond motifs is 1. The van der Waals surface area contributed by atoms with E-state index >= 15 is 0 Å². The van der Waals surface area contributed by atoms with E-state index in [9.17, 15) is 4.39 Å². The van der Waals surface area contributed by atoms with Crippen molar-refractivity contribution in [2.45, 2.75) is 13.5 Å². The number of nitrogens with one attached hydrogen (secondary N) is 1. The van der Waals surface area contributed by atoms with E-state index in [1.165, 1.54) is 6.07 Å². The zero-order valence-corrected chi connectivity index (χ0v) is 12.4. The molecule has 0 atom stereocenters. The molecule has 0 bridgehead atoms. The van der Waals surface area contributed by atoms with Crippen molar-refractivity contribution in [3.8, 4) is 6.07 Å². The average molecular weight is 294 g/mol. The molecule has 1 N–H and O–H groups in total. The van der Waals surface area contributed by atoms with Crippen LogP contribution >= 0.6 is 0 Å². The van der Waals surface area contributed by atoms with Crippen LogP contribution in [0.4, 0.5) is 10.1 Å². The van der Waals surface area contributed by atoms with Crippen LogP contribution in [0, 0.1) is 24.1 Å². The fraction of sp³-hybridized carbons (Fsp3) is 0.176. The highest BCUT2D eigenvalue weighted by atomic mass is 19.1. The third kappa shape index (κ3) is 2.40. The summed E-state index contributed by atoms with van der Waals surface area (Å²) >= 11 is 0. The highest BCUT2D eigenvalue weighted by Gasteiger charge is 2.10. The topological polar surface area (TPSA) is 53.6 Å². The molecule has 0 radical (unpaired) electrons. The van der Waals surface area contributed by atoms with Crippen molar-refractivity contribution >= 4 is 16.7 Å². The van der Waals surface area contributed by atoms with Crippen molar-refractivity contribution in [3.63, 3.8) is 0 Å². The van der Waals surface area contributed by atoms with E-state index in [1.54, 1.807) is 12.1 Å². The van der Waals surface area contributed by atoms with Crippen LogP contribution in [0.15, 0.2) is 36.4 Å². The lowest BCUT2D eigenvalue weighted by atomic mass is 10.2. The molecule has 4 nitrogen and oxygen atoms in total. The normalized spacial score (nSPS) is 10.6. The predicted molar refractivity (Wildman–Crippen MR) is 83.9 cm³/mol. The molecular formula is C17H15FN4. The second kappa shape index (κ2) is 5.49. The van der Waals surface area contributed by atoms with Crippen LogP contribution in [0.2, 0.25) is 0 Å². The molecule has 0 aliphatic rings. The Hall–Kier alpha value is -2.87. The number of aryl methyl sites for hydroxylation is 2. The summed E-state index contributed by atoms with van der Waals surface area (Å²) in [4.78, 5) is 4.59. The quantitative estimate of drug-likeness (QED) is 0.804. The molecule has 0 aliphatic carbocycles. The van der Waals surface area contributed by atoms with Gasteiger partial charge in [0.2, 0.25) is 0 Å². The van der Waals surface area contributed by atoms with Gasteiger partial charge in [0.1, 0.15) is 23.3 Å². The van der Waals surface area contributed by atoms with E-state index in [2.05, 4.69) is 10.3 Å². The van der Waals surface area contributed by atoms with Gasteiger partial charge >= 0.3 is 0 Å². The smallest absolute Gasteiger partial charge is 0.143 e. The molecule has 0 saturated heterocycles. The van der Waals surface area contributed by atoms with E-state index in [0.29, 0.717) is 12.2 Å². The Morgan fingerprint density at radius 1 is 1.32 bits per heavy atom. The molecule has 3 rings (SSSR count). The van der Waals surface area contributed by atoms with Gasteiger partial charge in [0.25, 0.3) is 0 Å². The van der Waals surface area contributed by atoms with Gasteiger partial charge in [0.05, 0.1) is 23.3 Å². The summed E-state index contributed by atoms with van der Waals surface area (Å²) in [5, 5.41) is 12.1. The molecule has 1 aromatic heterocycles. The third-order valence-corrected chi connectivity index (χ3v) is 3.69. The number of anilines is 1. The van der Waals surface area contributed by atoms with Crippen LogP contribution in [0.25, 0.3) is 11.0 Å². The number of nitriles is 1. The number of benzene rings is 2. The van der Waals surface area contributed by atoms with Gasteiger partial charge in [-0.3, -0.25) is 0 Å². The zero-order chi connectivity index (χ0) is 15.7. The van der Waals surface area contributed by atoms with Crippen molar-refractivity contribution in [3.05, 3.63) is 59.2 Å². The Labute approximate surface area is 127 Å². The summed E-state index contributed by atoms with van der Waals surface area (Å²) in [6.07, 6.45) is 0. The number of imidazole rings is 1. The summed E-state index contributed by atoms with van der Waals surface area (Å²) in [5.74, 6) is 0.307. The number of hydrogen-bond donors (Lipinski definition) is 1. The first-order valence-corrected chi connectivity index (χ1v) is 6.94. The second-order valence-electron chi connectivity index (χ2n) is 5.21. The molecule has 0 saturated carbocycles. The first-order chi connectivity index (χ1) is 10.6. The SMILES string of the molecule is Cc1ccc2c(c1)nc(CNc1cccc(F)c1C#N)n2C. The molecule has 1 heterocycles. The minimum absolute atomic E-state index is 0.0251. The van der Waals surface area contributed by atoms with Gasteiger partial charge in [-0.2, -0.15) is 5.26 Å². The minimum Gasteiger partial charge on any atom is -0.377 e. The van der Waals surface area contributed by atoms with E-state index in [1.807, 2.05) is 42.8 Å². The van der Waals surface area contributed by atoms with Gasteiger partial charge in [0, 0.05) is 7.05 Å². The van der Waals surface area contributed by atoms with Gasteiger partial charge in [-0.1, -0.05) is 12.1 Å². The highest BCUT2D eigenvalue weighted by Crippen LogP contribution is 2.20. The van der Waals surface area contributed by atoms with E-state index < -0.39 is 5.82 Å². The lowest BCUT2D eigenvalue weighted by Crippen LogP contribution is -2.07. The summed E-state index contributed by atoms with van der Waals surface area (Å²) in [5.41, 5.74) is 3.63. The Morgan fingerprint density at radius 2 is 2.14 bits per heavy atom. The van der Waals surface area contributed by atoms with E-state index in [4.69, 9.17) is 5.26 Å². The summed E-state index contributed by atoms with van der Waals surface area (Å²) in [6, 6.07) is 12.5. The molecule has 22 heavy (non-hydrogen) atoms. The maximum atomic E-state index is 13.6. The van der Waals surface area contributed by atoms with Crippen molar-refractivity contribution in [2.75, 3.05) is 5.32 Å². The number of hydrogen-bond acceptors (Lipinski definition) is 3. The molecular weight excluding hydrogens is 279 g/mol. The maximum Gasteiger partial charge on any atom is 0.143 e. The first-order valence-electron chi connectivity index (χ1n) is 6.94. The number of halogens is 1. The molecule has 110 valence electrons. The second-order valence-corrected chi connectivity index (χ2v) is 5.21. The number of aromatic nitrogens is 2. The molecule has 0 amide bonds. The van der Waals surface area contributed by atoms with E-state index in [0.717, 1.165) is 22.4 Å². The lowest BCUT2D eigenvalue weighted by Gasteiger charge is -2.08. The van der Waals surface area contributed by atoms with Gasteiger partial charge < -0.3 is 9.88 Å². The van der Waals surface area contributed by atoms with Gasteiger partial charge in [-0.15, -0.1) is 0 Å². The molecule has 3 aromatic rings. The monoisotopic (exact) mass is 294 g/mol. The van der Waals surface area contributed by atoms with Crippen molar-refractivity contribution < 1.29 is 4.39 Å². The zero-order valence-electron chi connectivity index (χ0n) is 12.4. The predicted octanol–water partition coefficient (Wildman–Crippen LogP) is 3.50. The van der Waals surface area contributed by atoms with Gasteiger partial charge in [0.15, 0.2) is 0 Å². The standard InChI is InChI=1S/C17H15FN4/c1-11-6-7-16-15(8-11)21-17(22(16)2)10-20-14-5-3-4-13(18)12(14)9-19/h3-8,20H,10H2,1-2H3. The van der Waals surface area contributed by atoms with E-state index in [-0.39, 0.29) is 5.56 Å². The van der Waals surface area contributed by atoms with Crippen molar-refractivity contribution in [1.29, 1.82) is 5.26 Å². The Morgan fingerprint density at radius 3 is 2.91 bits per heavy atom. The van der Waals surface area contributed by atoms with Crippen LogP contribution in [-0.4, -0.2) is 9.55 Å². The number of rotatable bonds is 3. The fourth-order valence-corrected chi connectivity index (χ4v) is 2.48. The minimum atomic E-state index is -0.520. The van der Waals surface area contributed by atoms with Gasteiger partial charge in [-0.25, -0.2) is 9.37 Å². The van der Waals surface area contributed by atoms with Crippen LogP contribution in [0.1, 0.15) is 17.0 Å². The van der Waals surface area contributed by atoms with Crippen LogP contribution in [0.5, 0.6) is 0 Å². The summed E-state index contributed by atoms with van der Waals surface area (Å²) < 4.78 is 15.6. The van der Waals surface area contributed by atoms with Crippen LogP contribution in [0.3, 0.4) is 0 Å². The van der Waals surface area contributed by atoms with Crippen LogP contribution < -0.4 is 5.32 Å². The van der Waals surface area contributed by atoms with Crippen LogP contribution in [-0.2, 0) is 13.6 Å². The summed E-state index contributed by atoms with van der Waals surface area (Å²) in [6.45, 7) is 2.44. The third-order valence-electron chi connectivity index (χ3n) is 3.69. The molecule has 5 heteroatoms. The number of nitrogens with zero attached hydrogens (tertiary/aromatic N) is 3. The Bertz CT molecular complexity index is 890. The Kier molecular flexibility index (Phi) is 3.51. The average Bonchev–Trinajstić information content (AvgIpc) is 2.81.